The van der Waals surface area contributed by atoms with Crippen molar-refractivity contribution in [3.05, 3.63) is 24.3 Å². The van der Waals surface area contributed by atoms with E-state index in [9.17, 15) is 27.9 Å². The SMILES string of the molecule is CC(C)(C)OC(=O)N[C@H](CO)C(=O)Nc1cccc(OC(F)(F)F)c1. The summed E-state index contributed by atoms with van der Waals surface area (Å²) in [7, 11) is 0. The van der Waals surface area contributed by atoms with Gasteiger partial charge in [0.05, 0.1) is 6.61 Å². The van der Waals surface area contributed by atoms with Gasteiger partial charge in [-0.3, -0.25) is 4.79 Å². The molecule has 0 radical (unpaired) electrons. The molecule has 0 fully saturated rings. The second-order valence-electron chi connectivity index (χ2n) is 5.95. The van der Waals surface area contributed by atoms with Crippen molar-refractivity contribution < 1.29 is 37.3 Å². The Hall–Kier alpha value is -2.49. The summed E-state index contributed by atoms with van der Waals surface area (Å²) in [6, 6.07) is 3.23. The predicted molar refractivity (Wildman–Crippen MR) is 82.0 cm³/mol. The number of aliphatic hydroxyl groups excluding tert-OH is 1. The molecular weight excluding hydrogens is 345 g/mol. The Morgan fingerprint density at radius 2 is 1.88 bits per heavy atom. The number of ether oxygens (including phenoxy) is 2. The third-order valence-corrected chi connectivity index (χ3v) is 2.53. The van der Waals surface area contributed by atoms with E-state index in [1.807, 2.05) is 0 Å². The minimum atomic E-state index is -4.87. The summed E-state index contributed by atoms with van der Waals surface area (Å²) in [6.07, 6.45) is -5.79. The Kier molecular flexibility index (Phi) is 6.63. The van der Waals surface area contributed by atoms with Gasteiger partial charge in [-0.15, -0.1) is 13.2 Å². The molecule has 7 nitrogen and oxygen atoms in total. The molecule has 1 aromatic rings. The van der Waals surface area contributed by atoms with Crippen LogP contribution >= 0.6 is 0 Å². The summed E-state index contributed by atoms with van der Waals surface area (Å²) in [5.74, 6) is -1.36. The fourth-order valence-corrected chi connectivity index (χ4v) is 1.64. The van der Waals surface area contributed by atoms with Crippen LogP contribution in [0.15, 0.2) is 24.3 Å². The molecule has 0 bridgehead atoms. The molecule has 0 unspecified atom stereocenters. The smallest absolute Gasteiger partial charge is 0.444 e. The third kappa shape index (κ3) is 8.25. The highest BCUT2D eigenvalue weighted by molar-refractivity contribution is 5.96. The zero-order valence-electron chi connectivity index (χ0n) is 13.8. The van der Waals surface area contributed by atoms with Gasteiger partial charge in [0, 0.05) is 11.8 Å². The van der Waals surface area contributed by atoms with Crippen molar-refractivity contribution in [3.63, 3.8) is 0 Å². The molecule has 1 rings (SSSR count). The van der Waals surface area contributed by atoms with Crippen LogP contribution in [0.3, 0.4) is 0 Å². The number of benzene rings is 1. The number of carbonyl (C=O) groups is 2. The van der Waals surface area contributed by atoms with E-state index in [4.69, 9.17) is 4.74 Å². The van der Waals surface area contributed by atoms with Crippen LogP contribution in [0.25, 0.3) is 0 Å². The standard InChI is InChI=1S/C15H19F3N2O5/c1-14(2,3)25-13(23)20-11(8-21)12(22)19-9-5-4-6-10(7-9)24-15(16,17)18/h4-7,11,21H,8H2,1-3H3,(H,19,22)(H,20,23)/t11-/m1/s1. The van der Waals surface area contributed by atoms with Crippen molar-refractivity contribution in [1.82, 2.24) is 5.32 Å². The molecule has 2 amide bonds. The van der Waals surface area contributed by atoms with Crippen molar-refractivity contribution in [2.45, 2.75) is 38.8 Å². The van der Waals surface area contributed by atoms with Crippen LogP contribution in [-0.4, -0.2) is 41.7 Å². The van der Waals surface area contributed by atoms with E-state index in [-0.39, 0.29) is 5.69 Å². The van der Waals surface area contributed by atoms with E-state index in [1.54, 1.807) is 20.8 Å². The van der Waals surface area contributed by atoms with Crippen LogP contribution in [0, 0.1) is 0 Å². The van der Waals surface area contributed by atoms with Gasteiger partial charge in [-0.1, -0.05) is 6.07 Å². The summed E-state index contributed by atoms with van der Waals surface area (Å²) < 4.78 is 45.3. The summed E-state index contributed by atoms with van der Waals surface area (Å²) in [5, 5.41) is 13.7. The van der Waals surface area contributed by atoms with Crippen molar-refractivity contribution in [2.24, 2.45) is 0 Å². The number of rotatable bonds is 5. The van der Waals surface area contributed by atoms with E-state index in [0.29, 0.717) is 0 Å². The zero-order valence-corrected chi connectivity index (χ0v) is 13.8. The number of hydrogen-bond acceptors (Lipinski definition) is 5. The highest BCUT2D eigenvalue weighted by atomic mass is 19.4. The summed E-state index contributed by atoms with van der Waals surface area (Å²) in [6.45, 7) is 4.12. The topological polar surface area (TPSA) is 96.9 Å². The zero-order chi connectivity index (χ0) is 19.3. The first kappa shape index (κ1) is 20.6. The molecule has 3 N–H and O–H groups in total. The van der Waals surface area contributed by atoms with Gasteiger partial charge in [0.2, 0.25) is 5.91 Å². The molecule has 1 atom stereocenters. The Bertz CT molecular complexity index is 614. The monoisotopic (exact) mass is 364 g/mol. The number of alkyl halides is 3. The lowest BCUT2D eigenvalue weighted by atomic mass is 10.2. The van der Waals surface area contributed by atoms with Gasteiger partial charge in [-0.25, -0.2) is 4.79 Å². The van der Waals surface area contributed by atoms with Crippen molar-refractivity contribution in [3.8, 4) is 5.75 Å². The number of amides is 2. The number of halogens is 3. The first-order valence-corrected chi connectivity index (χ1v) is 7.16. The van der Waals surface area contributed by atoms with E-state index in [0.717, 1.165) is 12.1 Å². The Labute approximate surface area is 142 Å². The highest BCUT2D eigenvalue weighted by Gasteiger charge is 2.31. The lowest BCUT2D eigenvalue weighted by molar-refractivity contribution is -0.274. The molecule has 0 aromatic heterocycles. The van der Waals surface area contributed by atoms with E-state index in [1.165, 1.54) is 12.1 Å². The van der Waals surface area contributed by atoms with Gasteiger partial charge in [0.1, 0.15) is 17.4 Å². The largest absolute Gasteiger partial charge is 0.573 e. The average Bonchev–Trinajstić information content (AvgIpc) is 2.41. The fraction of sp³-hybridized carbons (Fsp3) is 0.467. The highest BCUT2D eigenvalue weighted by Crippen LogP contribution is 2.25. The molecule has 0 aliphatic heterocycles. The van der Waals surface area contributed by atoms with Crippen LogP contribution in [0.1, 0.15) is 20.8 Å². The minimum absolute atomic E-state index is 0.00353. The fourth-order valence-electron chi connectivity index (χ4n) is 1.64. The number of anilines is 1. The molecule has 0 heterocycles. The van der Waals surface area contributed by atoms with Crippen LogP contribution in [0.4, 0.5) is 23.7 Å². The van der Waals surface area contributed by atoms with E-state index < -0.39 is 42.4 Å². The predicted octanol–water partition coefficient (Wildman–Crippen LogP) is 2.41. The minimum Gasteiger partial charge on any atom is -0.444 e. The van der Waals surface area contributed by atoms with Crippen molar-refractivity contribution in [1.29, 1.82) is 0 Å². The molecule has 1 aromatic carbocycles. The summed E-state index contributed by atoms with van der Waals surface area (Å²) in [4.78, 5) is 23.7. The van der Waals surface area contributed by atoms with Gasteiger partial charge in [0.25, 0.3) is 0 Å². The maximum atomic E-state index is 12.2. The molecule has 0 aliphatic rings. The number of aliphatic hydroxyl groups is 1. The second kappa shape index (κ2) is 8.06. The second-order valence-corrected chi connectivity index (χ2v) is 5.95. The molecule has 25 heavy (non-hydrogen) atoms. The maximum absolute atomic E-state index is 12.2. The molecular formula is C15H19F3N2O5. The molecule has 0 saturated heterocycles. The summed E-state index contributed by atoms with van der Waals surface area (Å²) >= 11 is 0. The van der Waals surface area contributed by atoms with E-state index >= 15 is 0 Å². The lowest BCUT2D eigenvalue weighted by Crippen LogP contribution is -2.47. The summed E-state index contributed by atoms with van der Waals surface area (Å²) in [5.41, 5.74) is -0.805. The molecule has 0 aliphatic carbocycles. The van der Waals surface area contributed by atoms with Gasteiger partial charge in [-0.2, -0.15) is 0 Å². The van der Waals surface area contributed by atoms with Crippen LogP contribution in [0.2, 0.25) is 0 Å². The van der Waals surface area contributed by atoms with E-state index in [2.05, 4.69) is 15.4 Å². The van der Waals surface area contributed by atoms with Gasteiger partial charge >= 0.3 is 12.5 Å². The average molecular weight is 364 g/mol. The first-order chi connectivity index (χ1) is 11.4. The number of alkyl carbamates (subject to hydrolysis) is 1. The molecule has 10 heteroatoms. The number of carbonyl (C=O) groups excluding carboxylic acids is 2. The molecule has 0 spiro atoms. The van der Waals surface area contributed by atoms with Gasteiger partial charge in [-0.05, 0) is 32.9 Å². The number of hydrogen-bond donors (Lipinski definition) is 3. The van der Waals surface area contributed by atoms with Gasteiger partial charge < -0.3 is 25.2 Å². The normalized spacial score (nSPS) is 12.9. The maximum Gasteiger partial charge on any atom is 0.573 e. The van der Waals surface area contributed by atoms with Crippen molar-refractivity contribution >= 4 is 17.7 Å². The first-order valence-electron chi connectivity index (χ1n) is 7.16. The van der Waals surface area contributed by atoms with Gasteiger partial charge in [0.15, 0.2) is 0 Å². The van der Waals surface area contributed by atoms with Crippen LogP contribution < -0.4 is 15.4 Å². The van der Waals surface area contributed by atoms with Crippen molar-refractivity contribution in [2.75, 3.05) is 11.9 Å². The Balaban J connectivity index is 2.72. The molecule has 0 saturated carbocycles. The van der Waals surface area contributed by atoms with Crippen LogP contribution in [0.5, 0.6) is 5.75 Å². The lowest BCUT2D eigenvalue weighted by Gasteiger charge is -2.22. The third-order valence-electron chi connectivity index (χ3n) is 2.53. The quantitative estimate of drug-likeness (QED) is 0.746. The van der Waals surface area contributed by atoms with Crippen LogP contribution in [-0.2, 0) is 9.53 Å². The number of nitrogens with one attached hydrogen (secondary N) is 2. The Morgan fingerprint density at radius 3 is 2.40 bits per heavy atom. The molecule has 140 valence electrons. The Morgan fingerprint density at radius 1 is 1.24 bits per heavy atom.